The number of rotatable bonds is 3. The topological polar surface area (TPSA) is 22.1 Å². The van der Waals surface area contributed by atoms with Crippen molar-refractivity contribution in [3.8, 4) is 5.75 Å². The van der Waals surface area contributed by atoms with E-state index in [0.717, 1.165) is 11.4 Å². The van der Waals surface area contributed by atoms with Gasteiger partial charge in [0.05, 0.1) is 12.8 Å². The van der Waals surface area contributed by atoms with Crippen LogP contribution in [0.1, 0.15) is 25.1 Å². The van der Waals surface area contributed by atoms with Crippen molar-refractivity contribution in [3.05, 3.63) is 59.9 Å². The van der Waals surface area contributed by atoms with E-state index in [0.29, 0.717) is 0 Å². The summed E-state index contributed by atoms with van der Waals surface area (Å²) in [5.74, 6) is 0.846. The number of ether oxygens (including phenoxy) is 1. The van der Waals surface area contributed by atoms with Crippen molar-refractivity contribution in [3.63, 3.8) is 0 Å². The summed E-state index contributed by atoms with van der Waals surface area (Å²) in [4.78, 5) is 4.46. The normalized spacial score (nSPS) is 11.2. The SMILES string of the molecule is COc1ccnc(C(C)(C)c2ccccc2)c1. The molecule has 0 radical (unpaired) electrons. The Bertz CT molecular complexity index is 491. The largest absolute Gasteiger partial charge is 0.497 e. The van der Waals surface area contributed by atoms with E-state index >= 15 is 0 Å². The molecule has 0 N–H and O–H groups in total. The summed E-state index contributed by atoms with van der Waals surface area (Å²) in [7, 11) is 1.68. The number of hydrogen-bond donors (Lipinski definition) is 0. The number of nitrogens with zero attached hydrogens (tertiary/aromatic N) is 1. The third-order valence-corrected chi connectivity index (χ3v) is 3.10. The Balaban J connectivity index is 2.44. The number of aromatic nitrogens is 1. The molecule has 0 atom stereocenters. The first kappa shape index (κ1) is 11.6. The lowest BCUT2D eigenvalue weighted by Gasteiger charge is -2.25. The summed E-state index contributed by atoms with van der Waals surface area (Å²) in [5, 5.41) is 0. The minimum atomic E-state index is -0.115. The molecular weight excluding hydrogens is 210 g/mol. The highest BCUT2D eigenvalue weighted by molar-refractivity contribution is 5.36. The van der Waals surface area contributed by atoms with Crippen LogP contribution >= 0.6 is 0 Å². The minimum Gasteiger partial charge on any atom is -0.497 e. The number of pyridine rings is 1. The first-order chi connectivity index (χ1) is 8.14. The fourth-order valence-corrected chi connectivity index (χ4v) is 1.88. The summed E-state index contributed by atoms with van der Waals surface area (Å²) < 4.78 is 5.25. The molecule has 0 fully saturated rings. The molecule has 0 aliphatic carbocycles. The molecule has 0 unspecified atom stereocenters. The zero-order chi connectivity index (χ0) is 12.3. The van der Waals surface area contributed by atoms with Crippen LogP contribution in [0.3, 0.4) is 0 Å². The van der Waals surface area contributed by atoms with Gasteiger partial charge in [-0.05, 0) is 11.6 Å². The zero-order valence-corrected chi connectivity index (χ0v) is 10.5. The molecule has 0 saturated heterocycles. The van der Waals surface area contributed by atoms with E-state index in [1.807, 2.05) is 18.2 Å². The molecule has 2 aromatic rings. The van der Waals surface area contributed by atoms with Crippen LogP contribution in [0.25, 0.3) is 0 Å². The molecule has 1 aromatic heterocycles. The van der Waals surface area contributed by atoms with Crippen LogP contribution in [0.15, 0.2) is 48.7 Å². The smallest absolute Gasteiger partial charge is 0.122 e. The molecule has 0 aliphatic heterocycles. The van der Waals surface area contributed by atoms with Crippen molar-refractivity contribution in [1.29, 1.82) is 0 Å². The van der Waals surface area contributed by atoms with Crippen LogP contribution in [0, 0.1) is 0 Å². The molecular formula is C15H17NO. The minimum absolute atomic E-state index is 0.115. The highest BCUT2D eigenvalue weighted by Gasteiger charge is 2.24. The molecule has 0 bridgehead atoms. The summed E-state index contributed by atoms with van der Waals surface area (Å²) in [6.45, 7) is 4.34. The van der Waals surface area contributed by atoms with Crippen molar-refractivity contribution >= 4 is 0 Å². The van der Waals surface area contributed by atoms with Crippen molar-refractivity contribution in [2.75, 3.05) is 7.11 Å². The summed E-state index contributed by atoms with van der Waals surface area (Å²) in [6, 6.07) is 14.2. The molecule has 0 spiro atoms. The maximum Gasteiger partial charge on any atom is 0.122 e. The molecule has 2 nitrogen and oxygen atoms in total. The molecule has 0 amide bonds. The van der Waals surface area contributed by atoms with Gasteiger partial charge in [-0.1, -0.05) is 44.2 Å². The van der Waals surface area contributed by atoms with E-state index in [2.05, 4.69) is 43.1 Å². The standard InChI is InChI=1S/C15H17NO/c1-15(2,12-7-5-4-6-8-12)14-11-13(17-3)9-10-16-14/h4-11H,1-3H3. The number of hydrogen-bond acceptors (Lipinski definition) is 2. The highest BCUT2D eigenvalue weighted by Crippen LogP contribution is 2.31. The Hall–Kier alpha value is -1.83. The van der Waals surface area contributed by atoms with Gasteiger partial charge in [0.1, 0.15) is 5.75 Å². The third-order valence-electron chi connectivity index (χ3n) is 3.10. The van der Waals surface area contributed by atoms with Gasteiger partial charge in [-0.25, -0.2) is 0 Å². The first-order valence-corrected chi connectivity index (χ1v) is 5.70. The molecule has 17 heavy (non-hydrogen) atoms. The van der Waals surface area contributed by atoms with Crippen molar-refractivity contribution in [2.45, 2.75) is 19.3 Å². The first-order valence-electron chi connectivity index (χ1n) is 5.70. The highest BCUT2D eigenvalue weighted by atomic mass is 16.5. The Kier molecular flexibility index (Phi) is 3.14. The molecule has 0 aliphatic rings. The van der Waals surface area contributed by atoms with E-state index in [-0.39, 0.29) is 5.41 Å². The van der Waals surface area contributed by atoms with Gasteiger partial charge in [-0.2, -0.15) is 0 Å². The number of methoxy groups -OCH3 is 1. The lowest BCUT2D eigenvalue weighted by Crippen LogP contribution is -2.20. The predicted molar refractivity (Wildman–Crippen MR) is 69.4 cm³/mol. The van der Waals surface area contributed by atoms with E-state index < -0.39 is 0 Å². The van der Waals surface area contributed by atoms with Gasteiger partial charge in [-0.15, -0.1) is 0 Å². The zero-order valence-electron chi connectivity index (χ0n) is 10.5. The lowest BCUT2D eigenvalue weighted by atomic mass is 9.81. The van der Waals surface area contributed by atoms with E-state index in [4.69, 9.17) is 4.74 Å². The average Bonchev–Trinajstić information content (AvgIpc) is 2.40. The fraction of sp³-hybridized carbons (Fsp3) is 0.267. The van der Waals surface area contributed by atoms with Gasteiger partial charge >= 0.3 is 0 Å². The molecule has 1 heterocycles. The van der Waals surface area contributed by atoms with E-state index in [1.165, 1.54) is 5.56 Å². The summed E-state index contributed by atoms with van der Waals surface area (Å²) in [6.07, 6.45) is 1.79. The van der Waals surface area contributed by atoms with Crippen LogP contribution in [0.4, 0.5) is 0 Å². The molecule has 2 rings (SSSR count). The summed E-state index contributed by atoms with van der Waals surface area (Å²) in [5.41, 5.74) is 2.15. The van der Waals surface area contributed by atoms with Crippen molar-refractivity contribution in [1.82, 2.24) is 4.98 Å². The van der Waals surface area contributed by atoms with Crippen LogP contribution in [-0.4, -0.2) is 12.1 Å². The number of benzene rings is 1. The van der Waals surface area contributed by atoms with Crippen LogP contribution in [-0.2, 0) is 5.41 Å². The maximum atomic E-state index is 5.25. The second-order valence-corrected chi connectivity index (χ2v) is 4.57. The quantitative estimate of drug-likeness (QED) is 0.801. The second kappa shape index (κ2) is 4.58. The van der Waals surface area contributed by atoms with E-state index in [1.54, 1.807) is 13.3 Å². The van der Waals surface area contributed by atoms with Crippen molar-refractivity contribution in [2.24, 2.45) is 0 Å². The van der Waals surface area contributed by atoms with Gasteiger partial charge in [-0.3, -0.25) is 4.98 Å². The lowest BCUT2D eigenvalue weighted by molar-refractivity contribution is 0.412. The van der Waals surface area contributed by atoms with Gasteiger partial charge in [0.2, 0.25) is 0 Å². The van der Waals surface area contributed by atoms with Gasteiger partial charge < -0.3 is 4.74 Å². The fourth-order valence-electron chi connectivity index (χ4n) is 1.88. The Morgan fingerprint density at radius 3 is 2.41 bits per heavy atom. The molecule has 88 valence electrons. The van der Waals surface area contributed by atoms with Gasteiger partial charge in [0, 0.05) is 17.7 Å². The molecule has 0 saturated carbocycles. The monoisotopic (exact) mass is 227 g/mol. The van der Waals surface area contributed by atoms with E-state index in [9.17, 15) is 0 Å². The average molecular weight is 227 g/mol. The van der Waals surface area contributed by atoms with Crippen molar-refractivity contribution < 1.29 is 4.74 Å². The van der Waals surface area contributed by atoms with Crippen LogP contribution < -0.4 is 4.74 Å². The maximum absolute atomic E-state index is 5.25. The third kappa shape index (κ3) is 2.31. The van der Waals surface area contributed by atoms with Gasteiger partial charge in [0.15, 0.2) is 0 Å². The second-order valence-electron chi connectivity index (χ2n) is 4.57. The van der Waals surface area contributed by atoms with Crippen LogP contribution in [0.5, 0.6) is 5.75 Å². The summed E-state index contributed by atoms with van der Waals surface area (Å²) >= 11 is 0. The Morgan fingerprint density at radius 1 is 1.06 bits per heavy atom. The Labute approximate surface area is 102 Å². The molecule has 1 aromatic carbocycles. The van der Waals surface area contributed by atoms with Gasteiger partial charge in [0.25, 0.3) is 0 Å². The molecule has 2 heteroatoms. The van der Waals surface area contributed by atoms with Crippen LogP contribution in [0.2, 0.25) is 0 Å². The Morgan fingerprint density at radius 2 is 1.76 bits per heavy atom. The predicted octanol–water partition coefficient (Wildman–Crippen LogP) is 3.42.